The molecule has 0 heterocycles. The van der Waals surface area contributed by atoms with E-state index in [0.717, 1.165) is 0 Å². The van der Waals surface area contributed by atoms with Crippen molar-refractivity contribution in [2.45, 2.75) is 6.54 Å². The molecule has 0 aliphatic rings. The number of amides is 1. The summed E-state index contributed by atoms with van der Waals surface area (Å²) in [6.07, 6.45) is 0. The van der Waals surface area contributed by atoms with Crippen LogP contribution in [0.15, 0.2) is 18.2 Å². The molecule has 0 aromatic heterocycles. The molecule has 0 atom stereocenters. The lowest BCUT2D eigenvalue weighted by Crippen LogP contribution is -2.24. The lowest BCUT2D eigenvalue weighted by Gasteiger charge is -2.08. The molecule has 6 heteroatoms. The highest BCUT2D eigenvalue weighted by molar-refractivity contribution is 5.74. The Labute approximate surface area is 105 Å². The number of benzene rings is 1. The van der Waals surface area contributed by atoms with Crippen molar-refractivity contribution < 1.29 is 18.7 Å². The van der Waals surface area contributed by atoms with Crippen molar-refractivity contribution in [3.8, 4) is 5.75 Å². The zero-order valence-electron chi connectivity index (χ0n) is 10.2. The zero-order valence-corrected chi connectivity index (χ0v) is 10.2. The molecule has 3 N–H and O–H groups in total. The highest BCUT2D eigenvalue weighted by Gasteiger charge is 2.07. The summed E-state index contributed by atoms with van der Waals surface area (Å²) in [6, 6.07) is 4.96. The lowest BCUT2D eigenvalue weighted by atomic mass is 10.2. The molecule has 1 rings (SSSR count). The van der Waals surface area contributed by atoms with E-state index in [4.69, 9.17) is 15.2 Å². The average Bonchev–Trinajstić information content (AvgIpc) is 2.35. The Bertz CT molecular complexity index is 399. The van der Waals surface area contributed by atoms with Gasteiger partial charge in [-0.15, -0.1) is 0 Å². The maximum atomic E-state index is 13.7. The van der Waals surface area contributed by atoms with E-state index >= 15 is 0 Å². The molecular formula is C12H17FN2O3. The summed E-state index contributed by atoms with van der Waals surface area (Å²) in [4.78, 5) is 10.4. The molecule has 0 saturated heterocycles. The van der Waals surface area contributed by atoms with Gasteiger partial charge in [0.05, 0.1) is 13.7 Å². The van der Waals surface area contributed by atoms with Gasteiger partial charge in [0, 0.05) is 18.7 Å². The van der Waals surface area contributed by atoms with Gasteiger partial charge in [-0.25, -0.2) is 4.39 Å². The van der Waals surface area contributed by atoms with Crippen LogP contribution >= 0.6 is 0 Å². The Morgan fingerprint density at radius 3 is 2.94 bits per heavy atom. The normalized spacial score (nSPS) is 10.3. The predicted octanol–water partition coefficient (Wildman–Crippen LogP) is 0.426. The van der Waals surface area contributed by atoms with Gasteiger partial charge in [0.2, 0.25) is 5.91 Å². The molecule has 0 fully saturated rings. The molecule has 0 aliphatic heterocycles. The number of methoxy groups -OCH3 is 1. The minimum absolute atomic E-state index is 0.102. The predicted molar refractivity (Wildman–Crippen MR) is 64.7 cm³/mol. The summed E-state index contributed by atoms with van der Waals surface area (Å²) in [6.45, 7) is 1.11. The van der Waals surface area contributed by atoms with Crippen molar-refractivity contribution in [2.24, 2.45) is 5.73 Å². The van der Waals surface area contributed by atoms with E-state index in [-0.39, 0.29) is 18.2 Å². The summed E-state index contributed by atoms with van der Waals surface area (Å²) < 4.78 is 23.5. The Morgan fingerprint density at radius 2 is 2.28 bits per heavy atom. The molecule has 1 amide bonds. The third-order valence-corrected chi connectivity index (χ3v) is 2.25. The van der Waals surface area contributed by atoms with Crippen molar-refractivity contribution in [1.82, 2.24) is 5.32 Å². The highest BCUT2D eigenvalue weighted by Crippen LogP contribution is 2.19. The van der Waals surface area contributed by atoms with Crippen LogP contribution in [0, 0.1) is 5.82 Å². The van der Waals surface area contributed by atoms with E-state index in [1.807, 2.05) is 0 Å². The molecule has 0 spiro atoms. The third-order valence-electron chi connectivity index (χ3n) is 2.25. The summed E-state index contributed by atoms with van der Waals surface area (Å²) in [5.41, 5.74) is 5.42. The van der Waals surface area contributed by atoms with Crippen molar-refractivity contribution in [1.29, 1.82) is 0 Å². The van der Waals surface area contributed by atoms with Gasteiger partial charge in [0.15, 0.2) is 11.6 Å². The van der Waals surface area contributed by atoms with Gasteiger partial charge in [-0.2, -0.15) is 0 Å². The first-order chi connectivity index (χ1) is 8.65. The van der Waals surface area contributed by atoms with Crippen molar-refractivity contribution >= 4 is 5.91 Å². The van der Waals surface area contributed by atoms with Gasteiger partial charge in [0.25, 0.3) is 0 Å². The van der Waals surface area contributed by atoms with Crippen molar-refractivity contribution in [3.63, 3.8) is 0 Å². The van der Waals surface area contributed by atoms with Gasteiger partial charge >= 0.3 is 0 Å². The van der Waals surface area contributed by atoms with E-state index in [2.05, 4.69) is 5.32 Å². The molecule has 0 radical (unpaired) electrons. The smallest absolute Gasteiger partial charge is 0.243 e. The second-order valence-corrected chi connectivity index (χ2v) is 3.63. The van der Waals surface area contributed by atoms with Crippen molar-refractivity contribution in [3.05, 3.63) is 29.6 Å². The second-order valence-electron chi connectivity index (χ2n) is 3.63. The molecule has 0 saturated carbocycles. The van der Waals surface area contributed by atoms with Crippen LogP contribution in [0.3, 0.4) is 0 Å². The second kappa shape index (κ2) is 7.62. The minimum Gasteiger partial charge on any atom is -0.494 e. The Hall–Kier alpha value is -1.66. The molecule has 0 bridgehead atoms. The fraction of sp³-hybridized carbons (Fsp3) is 0.417. The van der Waals surface area contributed by atoms with Crippen LogP contribution in [0.4, 0.5) is 4.39 Å². The number of nitrogens with one attached hydrogen (secondary N) is 1. The molecule has 0 unspecified atom stereocenters. The number of hydrogen-bond donors (Lipinski definition) is 2. The van der Waals surface area contributed by atoms with Gasteiger partial charge < -0.3 is 20.5 Å². The first-order valence-corrected chi connectivity index (χ1v) is 5.53. The SMILES string of the molecule is COc1cccc(CNCCOCC(N)=O)c1F. The summed E-state index contributed by atoms with van der Waals surface area (Å²) in [7, 11) is 1.42. The Kier molecular flexibility index (Phi) is 6.10. The van der Waals surface area contributed by atoms with Crippen LogP contribution in [0.25, 0.3) is 0 Å². The van der Waals surface area contributed by atoms with Crippen LogP contribution in [0.1, 0.15) is 5.56 Å². The van der Waals surface area contributed by atoms with E-state index < -0.39 is 5.91 Å². The first kappa shape index (κ1) is 14.4. The Balaban J connectivity index is 2.29. The maximum absolute atomic E-state index is 13.7. The van der Waals surface area contributed by atoms with Gasteiger partial charge in [-0.1, -0.05) is 12.1 Å². The molecule has 18 heavy (non-hydrogen) atoms. The van der Waals surface area contributed by atoms with Gasteiger partial charge in [-0.05, 0) is 6.07 Å². The quantitative estimate of drug-likeness (QED) is 0.661. The lowest BCUT2D eigenvalue weighted by molar-refractivity contribution is -0.122. The van der Waals surface area contributed by atoms with Crippen molar-refractivity contribution in [2.75, 3.05) is 26.9 Å². The summed E-state index contributed by atoms with van der Waals surface area (Å²) >= 11 is 0. The highest BCUT2D eigenvalue weighted by atomic mass is 19.1. The van der Waals surface area contributed by atoms with Crippen LogP contribution in [0.5, 0.6) is 5.75 Å². The standard InChI is InChI=1S/C12H17FN2O3/c1-17-10-4-2-3-9(12(10)13)7-15-5-6-18-8-11(14)16/h2-4,15H,5-8H2,1H3,(H2,14,16). The summed E-state index contributed by atoms with van der Waals surface area (Å²) in [5.74, 6) is -0.654. The average molecular weight is 256 g/mol. The molecule has 0 aliphatic carbocycles. The third kappa shape index (κ3) is 4.68. The number of carbonyl (C=O) groups is 1. The van der Waals surface area contributed by atoms with E-state index in [9.17, 15) is 9.18 Å². The fourth-order valence-electron chi connectivity index (χ4n) is 1.39. The van der Waals surface area contributed by atoms with Crippen LogP contribution in [-0.4, -0.2) is 32.8 Å². The van der Waals surface area contributed by atoms with E-state index in [0.29, 0.717) is 25.3 Å². The minimum atomic E-state index is -0.506. The largest absolute Gasteiger partial charge is 0.494 e. The van der Waals surface area contributed by atoms with Crippen LogP contribution < -0.4 is 15.8 Å². The summed E-state index contributed by atoms with van der Waals surface area (Å²) in [5, 5.41) is 2.99. The van der Waals surface area contributed by atoms with Gasteiger partial charge in [-0.3, -0.25) is 4.79 Å². The molecule has 1 aromatic carbocycles. The number of hydrogen-bond acceptors (Lipinski definition) is 4. The zero-order chi connectivity index (χ0) is 13.4. The number of nitrogens with two attached hydrogens (primary N) is 1. The molecule has 100 valence electrons. The fourth-order valence-corrected chi connectivity index (χ4v) is 1.39. The van der Waals surface area contributed by atoms with E-state index in [1.54, 1.807) is 18.2 Å². The monoisotopic (exact) mass is 256 g/mol. The number of rotatable bonds is 8. The van der Waals surface area contributed by atoms with Crippen LogP contribution in [0.2, 0.25) is 0 Å². The number of halogens is 1. The number of carbonyl (C=O) groups excluding carboxylic acids is 1. The number of ether oxygens (including phenoxy) is 2. The molecular weight excluding hydrogens is 239 g/mol. The number of primary amides is 1. The first-order valence-electron chi connectivity index (χ1n) is 5.53. The molecule has 1 aromatic rings. The van der Waals surface area contributed by atoms with E-state index in [1.165, 1.54) is 7.11 Å². The Morgan fingerprint density at radius 1 is 1.50 bits per heavy atom. The van der Waals surface area contributed by atoms with Crippen LogP contribution in [-0.2, 0) is 16.1 Å². The molecule has 5 nitrogen and oxygen atoms in total. The topological polar surface area (TPSA) is 73.6 Å². The van der Waals surface area contributed by atoms with Gasteiger partial charge in [0.1, 0.15) is 6.61 Å². The maximum Gasteiger partial charge on any atom is 0.243 e.